The number of fused-ring (bicyclic) bond motifs is 1. The second kappa shape index (κ2) is 5.79. The first-order valence-corrected chi connectivity index (χ1v) is 6.98. The molecule has 0 spiro atoms. The van der Waals surface area contributed by atoms with Crippen molar-refractivity contribution >= 4 is 16.6 Å². The molecular formula is C17H17N3O. The highest BCUT2D eigenvalue weighted by Gasteiger charge is 2.05. The molecule has 3 aromatic rings. The number of H-pyrrole nitrogens is 1. The minimum Gasteiger partial charge on any atom is -0.374 e. The van der Waals surface area contributed by atoms with Crippen LogP contribution in [0.3, 0.4) is 0 Å². The van der Waals surface area contributed by atoms with E-state index in [-0.39, 0.29) is 5.56 Å². The van der Waals surface area contributed by atoms with E-state index in [0.29, 0.717) is 11.8 Å². The monoisotopic (exact) mass is 279 g/mol. The molecule has 0 aliphatic rings. The molecule has 2 aromatic carbocycles. The largest absolute Gasteiger partial charge is 0.374 e. The average Bonchev–Trinajstić information content (AvgIpc) is 2.53. The number of hydrogen-bond acceptors (Lipinski definition) is 3. The Balaban J connectivity index is 1.78. The number of benzene rings is 2. The molecule has 1 heterocycles. The second-order valence-electron chi connectivity index (χ2n) is 5.04. The molecule has 1 N–H and O–H groups in total. The maximum atomic E-state index is 12.0. The van der Waals surface area contributed by atoms with Gasteiger partial charge in [-0.05, 0) is 24.3 Å². The fraction of sp³-hybridized carbons (Fsp3) is 0.176. The Kier molecular flexibility index (Phi) is 3.69. The summed E-state index contributed by atoms with van der Waals surface area (Å²) in [5.74, 6) is 0.724. The molecule has 0 saturated carbocycles. The first kappa shape index (κ1) is 13.4. The van der Waals surface area contributed by atoms with Crippen molar-refractivity contribution < 1.29 is 0 Å². The summed E-state index contributed by atoms with van der Waals surface area (Å²) in [6, 6.07) is 17.6. The van der Waals surface area contributed by atoms with Crippen molar-refractivity contribution in [1.29, 1.82) is 0 Å². The Bertz CT molecular complexity index is 796. The van der Waals surface area contributed by atoms with Gasteiger partial charge in [-0.1, -0.05) is 30.3 Å². The quantitative estimate of drug-likeness (QED) is 0.798. The number of hydrogen-bond donors (Lipinski definition) is 1. The highest BCUT2D eigenvalue weighted by atomic mass is 16.1. The zero-order valence-electron chi connectivity index (χ0n) is 11.9. The summed E-state index contributed by atoms with van der Waals surface area (Å²) < 4.78 is 0. The van der Waals surface area contributed by atoms with Crippen LogP contribution >= 0.6 is 0 Å². The van der Waals surface area contributed by atoms with Crippen molar-refractivity contribution in [1.82, 2.24) is 9.97 Å². The van der Waals surface area contributed by atoms with Crippen molar-refractivity contribution in [3.63, 3.8) is 0 Å². The van der Waals surface area contributed by atoms with E-state index >= 15 is 0 Å². The van der Waals surface area contributed by atoms with Crippen molar-refractivity contribution in [2.45, 2.75) is 6.42 Å². The van der Waals surface area contributed by atoms with E-state index in [1.807, 2.05) is 43.4 Å². The normalized spacial score (nSPS) is 10.7. The summed E-state index contributed by atoms with van der Waals surface area (Å²) in [6.45, 7) is 0.797. The smallest absolute Gasteiger partial charge is 0.258 e. The van der Waals surface area contributed by atoms with Gasteiger partial charge in [-0.3, -0.25) is 4.79 Å². The van der Waals surface area contributed by atoms with Crippen LogP contribution in [0.25, 0.3) is 10.9 Å². The van der Waals surface area contributed by atoms with Gasteiger partial charge in [-0.25, -0.2) is 4.98 Å². The van der Waals surface area contributed by atoms with E-state index < -0.39 is 0 Å². The van der Waals surface area contributed by atoms with Crippen molar-refractivity contribution in [3.8, 4) is 0 Å². The Morgan fingerprint density at radius 2 is 1.76 bits per heavy atom. The lowest BCUT2D eigenvalue weighted by atomic mass is 10.2. The van der Waals surface area contributed by atoms with E-state index in [1.54, 1.807) is 6.07 Å². The first-order chi connectivity index (χ1) is 10.2. The third-order valence-electron chi connectivity index (χ3n) is 3.54. The lowest BCUT2D eigenvalue weighted by Gasteiger charge is -2.18. The molecule has 4 heteroatoms. The van der Waals surface area contributed by atoms with Crippen molar-refractivity contribution in [2.24, 2.45) is 0 Å². The molecule has 0 aliphatic carbocycles. The average molecular weight is 279 g/mol. The highest BCUT2D eigenvalue weighted by molar-refractivity contribution is 5.77. The molecular weight excluding hydrogens is 262 g/mol. The predicted octanol–water partition coefficient (Wildman–Crippen LogP) is 2.60. The Morgan fingerprint density at radius 3 is 2.57 bits per heavy atom. The summed E-state index contributed by atoms with van der Waals surface area (Å²) in [5.41, 5.74) is 1.83. The second-order valence-corrected chi connectivity index (χ2v) is 5.04. The van der Waals surface area contributed by atoms with Gasteiger partial charge < -0.3 is 9.88 Å². The minimum absolute atomic E-state index is 0.0713. The van der Waals surface area contributed by atoms with Crippen LogP contribution in [0.15, 0.2) is 59.4 Å². The van der Waals surface area contributed by atoms with Crippen LogP contribution in [0.2, 0.25) is 0 Å². The summed E-state index contributed by atoms with van der Waals surface area (Å²) in [4.78, 5) is 21.5. The third kappa shape index (κ3) is 2.94. The van der Waals surface area contributed by atoms with Crippen LogP contribution in [0.5, 0.6) is 0 Å². The zero-order chi connectivity index (χ0) is 14.7. The number of anilines is 1. The van der Waals surface area contributed by atoms with Crippen LogP contribution in [0, 0.1) is 0 Å². The molecule has 106 valence electrons. The summed E-state index contributed by atoms with van der Waals surface area (Å²) in [7, 11) is 2.04. The SMILES string of the molecule is CN(CCc1nc2ccccc2c(=O)[nH]1)c1ccccc1. The number of para-hydroxylation sites is 2. The van der Waals surface area contributed by atoms with E-state index in [9.17, 15) is 4.79 Å². The maximum Gasteiger partial charge on any atom is 0.258 e. The van der Waals surface area contributed by atoms with Gasteiger partial charge in [0, 0.05) is 25.7 Å². The molecule has 4 nitrogen and oxygen atoms in total. The Morgan fingerprint density at radius 1 is 1.05 bits per heavy atom. The van der Waals surface area contributed by atoms with E-state index in [4.69, 9.17) is 0 Å². The lowest BCUT2D eigenvalue weighted by molar-refractivity contribution is 0.821. The molecule has 0 unspecified atom stereocenters. The maximum absolute atomic E-state index is 12.0. The predicted molar refractivity (Wildman–Crippen MR) is 85.8 cm³/mol. The Hall–Kier alpha value is -2.62. The molecule has 0 aliphatic heterocycles. The zero-order valence-corrected chi connectivity index (χ0v) is 11.9. The van der Waals surface area contributed by atoms with Crippen LogP contribution in [0.1, 0.15) is 5.82 Å². The molecule has 0 saturated heterocycles. The van der Waals surface area contributed by atoms with Gasteiger partial charge in [0.2, 0.25) is 0 Å². The molecule has 0 bridgehead atoms. The molecule has 3 rings (SSSR count). The number of likely N-dealkylation sites (N-methyl/N-ethyl adjacent to an activating group) is 1. The molecule has 0 fully saturated rings. The third-order valence-corrected chi connectivity index (χ3v) is 3.54. The van der Waals surface area contributed by atoms with Crippen LogP contribution in [0.4, 0.5) is 5.69 Å². The van der Waals surface area contributed by atoms with E-state index in [2.05, 4.69) is 27.0 Å². The lowest BCUT2D eigenvalue weighted by Crippen LogP contribution is -2.22. The molecule has 0 radical (unpaired) electrons. The number of rotatable bonds is 4. The minimum atomic E-state index is -0.0713. The number of nitrogens with one attached hydrogen (secondary N) is 1. The number of aromatic amines is 1. The fourth-order valence-corrected chi connectivity index (χ4v) is 2.34. The molecule has 21 heavy (non-hydrogen) atoms. The van der Waals surface area contributed by atoms with Gasteiger partial charge in [0.05, 0.1) is 10.9 Å². The van der Waals surface area contributed by atoms with Crippen LogP contribution < -0.4 is 10.5 Å². The Labute approximate surface area is 123 Å². The van der Waals surface area contributed by atoms with Crippen LogP contribution in [-0.2, 0) is 6.42 Å². The standard InChI is InChI=1S/C17H17N3O/c1-20(13-7-3-2-4-8-13)12-11-16-18-15-10-6-5-9-14(15)17(21)19-16/h2-10H,11-12H2,1H3,(H,18,19,21). The first-order valence-electron chi connectivity index (χ1n) is 6.98. The summed E-state index contributed by atoms with van der Waals surface area (Å²) in [6.07, 6.45) is 0.700. The van der Waals surface area contributed by atoms with Crippen molar-refractivity contribution in [3.05, 3.63) is 70.8 Å². The van der Waals surface area contributed by atoms with E-state index in [0.717, 1.165) is 23.6 Å². The van der Waals surface area contributed by atoms with Gasteiger partial charge in [-0.15, -0.1) is 0 Å². The topological polar surface area (TPSA) is 49.0 Å². The fourth-order valence-electron chi connectivity index (χ4n) is 2.34. The van der Waals surface area contributed by atoms with Crippen LogP contribution in [-0.4, -0.2) is 23.6 Å². The van der Waals surface area contributed by atoms with Gasteiger partial charge in [0.1, 0.15) is 5.82 Å². The van der Waals surface area contributed by atoms with Gasteiger partial charge in [0.15, 0.2) is 0 Å². The molecule has 0 atom stereocenters. The number of nitrogens with zero attached hydrogens (tertiary/aromatic N) is 2. The summed E-state index contributed by atoms with van der Waals surface area (Å²) >= 11 is 0. The van der Waals surface area contributed by atoms with Gasteiger partial charge in [-0.2, -0.15) is 0 Å². The highest BCUT2D eigenvalue weighted by Crippen LogP contribution is 2.11. The van der Waals surface area contributed by atoms with Gasteiger partial charge >= 0.3 is 0 Å². The van der Waals surface area contributed by atoms with Crippen molar-refractivity contribution in [2.75, 3.05) is 18.5 Å². The summed E-state index contributed by atoms with van der Waals surface area (Å²) in [5, 5.41) is 0.637. The van der Waals surface area contributed by atoms with E-state index in [1.165, 1.54) is 0 Å². The number of aromatic nitrogens is 2. The van der Waals surface area contributed by atoms with Gasteiger partial charge in [0.25, 0.3) is 5.56 Å². The molecule has 0 amide bonds. The molecule has 1 aromatic heterocycles.